The van der Waals surface area contributed by atoms with Crippen LogP contribution in [0.5, 0.6) is 0 Å². The summed E-state index contributed by atoms with van der Waals surface area (Å²) in [6, 6.07) is 9.49. The highest BCUT2D eigenvalue weighted by Crippen LogP contribution is 2.18. The topological polar surface area (TPSA) is 59.0 Å². The highest BCUT2D eigenvalue weighted by molar-refractivity contribution is 5.95. The lowest BCUT2D eigenvalue weighted by Crippen LogP contribution is -2.45. The molecule has 2 aromatic rings. The molecule has 3 rings (SSSR count). The normalized spacial score (nSPS) is 22.0. The molecular weight excluding hydrogens is 264 g/mol. The summed E-state index contributed by atoms with van der Waals surface area (Å²) in [5.74, 6) is 0.636. The summed E-state index contributed by atoms with van der Waals surface area (Å²) in [4.78, 5) is 12.3. The number of rotatable bonds is 3. The number of piperidine rings is 1. The molecule has 1 aliphatic heterocycles. The van der Waals surface area contributed by atoms with Gasteiger partial charge in [0.15, 0.2) is 0 Å². The fourth-order valence-corrected chi connectivity index (χ4v) is 2.68. The van der Waals surface area contributed by atoms with Gasteiger partial charge in [0.05, 0.1) is 11.7 Å². The van der Waals surface area contributed by atoms with Gasteiger partial charge in [-0.05, 0) is 49.6 Å². The zero-order valence-electron chi connectivity index (χ0n) is 12.1. The van der Waals surface area contributed by atoms with Gasteiger partial charge in [-0.2, -0.15) is 5.10 Å². The molecule has 1 fully saturated rings. The average molecular weight is 284 g/mol. The predicted octanol–water partition coefficient (Wildman–Crippen LogP) is 2.20. The van der Waals surface area contributed by atoms with Gasteiger partial charge in [0.25, 0.3) is 0 Å². The molecule has 1 amide bonds. The molecule has 1 aromatic heterocycles. The lowest BCUT2D eigenvalue weighted by Gasteiger charge is -2.27. The third-order valence-corrected chi connectivity index (χ3v) is 3.87. The molecular formula is C16H20N4O. The number of aromatic nitrogens is 2. The summed E-state index contributed by atoms with van der Waals surface area (Å²) in [6.07, 6.45) is 5.65. The minimum atomic E-state index is -0.0953. The zero-order valence-corrected chi connectivity index (χ0v) is 12.1. The van der Waals surface area contributed by atoms with Gasteiger partial charge in [0.2, 0.25) is 5.91 Å². The number of hydrogen-bond acceptors (Lipinski definition) is 3. The summed E-state index contributed by atoms with van der Waals surface area (Å²) < 4.78 is 1.77. The van der Waals surface area contributed by atoms with E-state index < -0.39 is 0 Å². The molecule has 110 valence electrons. The molecule has 5 nitrogen and oxygen atoms in total. The van der Waals surface area contributed by atoms with Crippen molar-refractivity contribution >= 4 is 11.6 Å². The molecule has 1 saturated heterocycles. The Labute approximate surface area is 124 Å². The lowest BCUT2D eigenvalue weighted by molar-refractivity contribution is -0.119. The summed E-state index contributed by atoms with van der Waals surface area (Å²) in [7, 11) is 0. The third kappa shape index (κ3) is 3.31. The van der Waals surface area contributed by atoms with E-state index >= 15 is 0 Å². The maximum absolute atomic E-state index is 12.3. The first-order chi connectivity index (χ1) is 10.2. The smallest absolute Gasteiger partial charge is 0.241 e. The van der Waals surface area contributed by atoms with Crippen LogP contribution < -0.4 is 10.6 Å². The Morgan fingerprint density at radius 3 is 3.10 bits per heavy atom. The highest BCUT2D eigenvalue weighted by Gasteiger charge is 2.24. The fraction of sp³-hybridized carbons (Fsp3) is 0.375. The number of nitrogens with zero attached hydrogens (tertiary/aromatic N) is 2. The zero-order chi connectivity index (χ0) is 14.7. The molecule has 2 heterocycles. The average Bonchev–Trinajstić information content (AvgIpc) is 3.02. The van der Waals surface area contributed by atoms with Gasteiger partial charge >= 0.3 is 0 Å². The van der Waals surface area contributed by atoms with E-state index in [-0.39, 0.29) is 11.9 Å². The van der Waals surface area contributed by atoms with Crippen LogP contribution in [0.25, 0.3) is 5.69 Å². The first-order valence-corrected chi connectivity index (χ1v) is 7.37. The van der Waals surface area contributed by atoms with Crippen molar-refractivity contribution in [3.05, 3.63) is 42.7 Å². The first kappa shape index (κ1) is 13.8. The van der Waals surface area contributed by atoms with E-state index in [1.807, 2.05) is 36.5 Å². The Morgan fingerprint density at radius 2 is 2.33 bits per heavy atom. The summed E-state index contributed by atoms with van der Waals surface area (Å²) in [5.41, 5.74) is 1.73. The summed E-state index contributed by atoms with van der Waals surface area (Å²) >= 11 is 0. The molecule has 0 radical (unpaired) electrons. The first-order valence-electron chi connectivity index (χ1n) is 7.37. The molecule has 1 aliphatic rings. The number of carbonyl (C=O) groups is 1. The van der Waals surface area contributed by atoms with Crippen molar-refractivity contribution in [1.29, 1.82) is 0 Å². The number of nitrogens with one attached hydrogen (secondary N) is 2. The Kier molecular flexibility index (Phi) is 4.01. The van der Waals surface area contributed by atoms with Crippen molar-refractivity contribution < 1.29 is 4.79 Å². The monoisotopic (exact) mass is 284 g/mol. The molecule has 0 aliphatic carbocycles. The Morgan fingerprint density at radius 1 is 1.43 bits per heavy atom. The van der Waals surface area contributed by atoms with Crippen LogP contribution in [0.1, 0.15) is 19.8 Å². The Bertz CT molecular complexity index is 608. The predicted molar refractivity (Wildman–Crippen MR) is 82.4 cm³/mol. The molecule has 2 unspecified atom stereocenters. The van der Waals surface area contributed by atoms with Crippen LogP contribution in [0.2, 0.25) is 0 Å². The number of amides is 1. The van der Waals surface area contributed by atoms with Gasteiger partial charge in [0, 0.05) is 18.1 Å². The lowest BCUT2D eigenvalue weighted by atomic mass is 9.94. The quantitative estimate of drug-likeness (QED) is 0.908. The van der Waals surface area contributed by atoms with Gasteiger partial charge in [-0.3, -0.25) is 4.79 Å². The van der Waals surface area contributed by atoms with Crippen LogP contribution in [-0.4, -0.2) is 28.3 Å². The van der Waals surface area contributed by atoms with Crippen molar-refractivity contribution in [3.63, 3.8) is 0 Å². The number of benzene rings is 1. The van der Waals surface area contributed by atoms with Crippen molar-refractivity contribution in [3.8, 4) is 5.69 Å². The maximum atomic E-state index is 12.3. The van der Waals surface area contributed by atoms with E-state index in [0.29, 0.717) is 5.92 Å². The number of anilines is 1. The van der Waals surface area contributed by atoms with Crippen LogP contribution in [0.4, 0.5) is 5.69 Å². The molecule has 21 heavy (non-hydrogen) atoms. The maximum Gasteiger partial charge on any atom is 0.241 e. The fourth-order valence-electron chi connectivity index (χ4n) is 2.68. The van der Waals surface area contributed by atoms with Crippen LogP contribution in [0.15, 0.2) is 42.7 Å². The minimum absolute atomic E-state index is 0.0409. The van der Waals surface area contributed by atoms with Crippen molar-refractivity contribution in [2.45, 2.75) is 25.8 Å². The third-order valence-electron chi connectivity index (χ3n) is 3.87. The molecule has 0 saturated carbocycles. The Balaban J connectivity index is 1.70. The van der Waals surface area contributed by atoms with Crippen LogP contribution in [0.3, 0.4) is 0 Å². The summed E-state index contributed by atoms with van der Waals surface area (Å²) in [6.45, 7) is 3.10. The van der Waals surface area contributed by atoms with E-state index in [0.717, 1.165) is 30.8 Å². The Hall–Kier alpha value is -2.14. The standard InChI is InChI=1S/C16H20N4O/c1-12-6-8-17-15(10-12)16(21)19-13-4-2-5-14(11-13)20-9-3-7-18-20/h2-5,7,9,11-12,15,17H,6,8,10H2,1H3,(H,19,21). The van der Waals surface area contributed by atoms with E-state index in [9.17, 15) is 4.79 Å². The van der Waals surface area contributed by atoms with Crippen molar-refractivity contribution in [2.75, 3.05) is 11.9 Å². The highest BCUT2D eigenvalue weighted by atomic mass is 16.2. The second-order valence-electron chi connectivity index (χ2n) is 5.63. The molecule has 0 bridgehead atoms. The second kappa shape index (κ2) is 6.10. The molecule has 2 atom stereocenters. The van der Waals surface area contributed by atoms with Gasteiger partial charge in [-0.1, -0.05) is 13.0 Å². The van der Waals surface area contributed by atoms with Crippen LogP contribution in [0, 0.1) is 5.92 Å². The molecule has 5 heteroatoms. The van der Waals surface area contributed by atoms with E-state index in [1.165, 1.54) is 0 Å². The molecule has 2 N–H and O–H groups in total. The van der Waals surface area contributed by atoms with E-state index in [4.69, 9.17) is 0 Å². The second-order valence-corrected chi connectivity index (χ2v) is 5.63. The number of carbonyl (C=O) groups excluding carboxylic acids is 1. The van der Waals surface area contributed by atoms with Crippen LogP contribution >= 0.6 is 0 Å². The summed E-state index contributed by atoms with van der Waals surface area (Å²) in [5, 5.41) is 10.5. The van der Waals surface area contributed by atoms with Gasteiger partial charge in [0.1, 0.15) is 0 Å². The molecule has 1 aromatic carbocycles. The van der Waals surface area contributed by atoms with Crippen molar-refractivity contribution in [2.24, 2.45) is 5.92 Å². The number of hydrogen-bond donors (Lipinski definition) is 2. The van der Waals surface area contributed by atoms with Gasteiger partial charge in [-0.25, -0.2) is 4.68 Å². The molecule has 0 spiro atoms. The largest absolute Gasteiger partial charge is 0.325 e. The van der Waals surface area contributed by atoms with E-state index in [1.54, 1.807) is 10.9 Å². The van der Waals surface area contributed by atoms with Crippen molar-refractivity contribution in [1.82, 2.24) is 15.1 Å². The minimum Gasteiger partial charge on any atom is -0.325 e. The van der Waals surface area contributed by atoms with Gasteiger partial charge in [-0.15, -0.1) is 0 Å². The van der Waals surface area contributed by atoms with Crippen LogP contribution in [-0.2, 0) is 4.79 Å². The van der Waals surface area contributed by atoms with Gasteiger partial charge < -0.3 is 10.6 Å². The van der Waals surface area contributed by atoms with E-state index in [2.05, 4.69) is 22.7 Å². The SMILES string of the molecule is CC1CCNC(C(=O)Nc2cccc(-n3cccn3)c2)C1.